The van der Waals surface area contributed by atoms with Gasteiger partial charge in [0, 0.05) is 13.1 Å². The van der Waals surface area contributed by atoms with Crippen LogP contribution in [-0.4, -0.2) is 23.8 Å². The second kappa shape index (κ2) is 4.51. The second-order valence-corrected chi connectivity index (χ2v) is 2.34. The van der Waals surface area contributed by atoms with E-state index in [1.807, 2.05) is 19.9 Å². The van der Waals surface area contributed by atoms with E-state index in [-0.39, 0.29) is 6.04 Å². The largest absolute Gasteiger partial charge is 0.323 e. The third-order valence-corrected chi connectivity index (χ3v) is 1.31. The predicted octanol–water partition coefficient (Wildman–Crippen LogP) is 1.39. The van der Waals surface area contributed by atoms with Crippen LogP contribution in [0.2, 0.25) is 0 Å². The van der Waals surface area contributed by atoms with Crippen molar-refractivity contribution in [3.8, 4) is 6.07 Å². The van der Waals surface area contributed by atoms with Crippen LogP contribution in [0.4, 0.5) is 0 Å². The molecule has 0 saturated heterocycles. The first-order valence-corrected chi connectivity index (χ1v) is 3.45. The van der Waals surface area contributed by atoms with Crippen LogP contribution in [0.25, 0.3) is 0 Å². The van der Waals surface area contributed by atoms with E-state index in [0.29, 0.717) is 5.84 Å². The van der Waals surface area contributed by atoms with Gasteiger partial charge >= 0.3 is 0 Å². The van der Waals surface area contributed by atoms with E-state index in [2.05, 4.69) is 11.6 Å². The fourth-order valence-electron chi connectivity index (χ4n) is 0.765. The summed E-state index contributed by atoms with van der Waals surface area (Å²) in [4.78, 5) is 5.53. The van der Waals surface area contributed by atoms with Crippen LogP contribution < -0.4 is 0 Å². The zero-order valence-corrected chi connectivity index (χ0v) is 7.20. The van der Waals surface area contributed by atoms with Crippen molar-refractivity contribution < 1.29 is 0 Å². The standard InChI is InChI=1S/C8H13N3/c1-5-11(7(2)3)8(6-9)10-4/h5,7H,1H2,2-4H3. The van der Waals surface area contributed by atoms with E-state index in [9.17, 15) is 0 Å². The molecule has 3 nitrogen and oxygen atoms in total. The number of nitrogens with zero attached hydrogens (tertiary/aromatic N) is 3. The lowest BCUT2D eigenvalue weighted by molar-refractivity contribution is 0.462. The van der Waals surface area contributed by atoms with Gasteiger partial charge in [0.05, 0.1) is 0 Å². The van der Waals surface area contributed by atoms with Crippen LogP contribution in [0.1, 0.15) is 13.8 Å². The van der Waals surface area contributed by atoms with Gasteiger partial charge in [-0.25, -0.2) is 0 Å². The highest BCUT2D eigenvalue weighted by Gasteiger charge is 2.08. The summed E-state index contributed by atoms with van der Waals surface area (Å²) in [5, 5.41) is 8.61. The van der Waals surface area contributed by atoms with Crippen LogP contribution in [0.3, 0.4) is 0 Å². The Kier molecular flexibility index (Phi) is 3.97. The monoisotopic (exact) mass is 151 g/mol. The summed E-state index contributed by atoms with van der Waals surface area (Å²) < 4.78 is 0. The molecule has 0 unspecified atom stereocenters. The van der Waals surface area contributed by atoms with Gasteiger partial charge in [-0.3, -0.25) is 4.99 Å². The Bertz CT molecular complexity index is 198. The Morgan fingerprint density at radius 3 is 2.36 bits per heavy atom. The highest BCUT2D eigenvalue weighted by molar-refractivity contribution is 5.97. The van der Waals surface area contributed by atoms with Crippen LogP contribution in [0.5, 0.6) is 0 Å². The normalized spacial score (nSPS) is 11.0. The number of nitriles is 1. The lowest BCUT2D eigenvalue weighted by Gasteiger charge is -2.21. The number of hydrogen-bond donors (Lipinski definition) is 0. The smallest absolute Gasteiger partial charge is 0.207 e. The minimum absolute atomic E-state index is 0.228. The number of rotatable bonds is 2. The molecule has 0 fully saturated rings. The van der Waals surface area contributed by atoms with Crippen LogP contribution in [0.15, 0.2) is 17.8 Å². The van der Waals surface area contributed by atoms with Crippen molar-refractivity contribution in [2.75, 3.05) is 7.05 Å². The molecule has 0 aliphatic heterocycles. The maximum atomic E-state index is 8.61. The molecule has 0 aromatic carbocycles. The summed E-state index contributed by atoms with van der Waals surface area (Å²) in [6.07, 6.45) is 1.61. The third-order valence-electron chi connectivity index (χ3n) is 1.31. The average molecular weight is 151 g/mol. The average Bonchev–Trinajstić information content (AvgIpc) is 1.99. The van der Waals surface area contributed by atoms with E-state index in [0.717, 1.165) is 0 Å². The zero-order valence-electron chi connectivity index (χ0n) is 7.20. The van der Waals surface area contributed by atoms with Crippen LogP contribution in [0, 0.1) is 11.3 Å². The Balaban J connectivity index is 4.52. The SMILES string of the molecule is C=CN(C(C#N)=NC)C(C)C. The van der Waals surface area contributed by atoms with Crippen LogP contribution in [-0.2, 0) is 0 Å². The first-order chi connectivity index (χ1) is 5.17. The molecule has 0 N–H and O–H groups in total. The Morgan fingerprint density at radius 1 is 1.73 bits per heavy atom. The molecule has 0 aliphatic carbocycles. The van der Waals surface area contributed by atoms with Crippen molar-refractivity contribution in [1.82, 2.24) is 4.90 Å². The lowest BCUT2D eigenvalue weighted by Crippen LogP contribution is -2.30. The summed E-state index contributed by atoms with van der Waals surface area (Å²) >= 11 is 0. The number of aliphatic imine (C=N–C) groups is 1. The highest BCUT2D eigenvalue weighted by Crippen LogP contribution is 1.99. The topological polar surface area (TPSA) is 39.4 Å². The van der Waals surface area contributed by atoms with Gasteiger partial charge in [-0.15, -0.1) is 0 Å². The molecule has 60 valence electrons. The molecule has 0 amide bonds. The Morgan fingerprint density at radius 2 is 2.27 bits per heavy atom. The molecule has 0 heterocycles. The van der Waals surface area contributed by atoms with E-state index in [1.54, 1.807) is 18.1 Å². The van der Waals surface area contributed by atoms with E-state index in [1.165, 1.54) is 0 Å². The second-order valence-electron chi connectivity index (χ2n) is 2.34. The summed E-state index contributed by atoms with van der Waals surface area (Å²) in [5.74, 6) is 0.398. The van der Waals surface area contributed by atoms with E-state index in [4.69, 9.17) is 5.26 Å². The van der Waals surface area contributed by atoms with Crippen molar-refractivity contribution in [3.05, 3.63) is 12.8 Å². The summed E-state index contributed by atoms with van der Waals surface area (Å²) in [5.41, 5.74) is 0. The zero-order chi connectivity index (χ0) is 8.85. The first kappa shape index (κ1) is 9.70. The van der Waals surface area contributed by atoms with Crippen molar-refractivity contribution in [2.45, 2.75) is 19.9 Å². The molecule has 0 radical (unpaired) electrons. The highest BCUT2D eigenvalue weighted by atomic mass is 15.2. The maximum absolute atomic E-state index is 8.61. The van der Waals surface area contributed by atoms with Crippen LogP contribution >= 0.6 is 0 Å². The molecule has 3 heteroatoms. The molecule has 0 aromatic rings. The number of amidine groups is 1. The fraction of sp³-hybridized carbons (Fsp3) is 0.500. The van der Waals surface area contributed by atoms with E-state index >= 15 is 0 Å². The summed E-state index contributed by atoms with van der Waals surface area (Å²) in [6, 6.07) is 2.22. The number of hydrogen-bond acceptors (Lipinski definition) is 2. The van der Waals surface area contributed by atoms with Crippen molar-refractivity contribution in [2.24, 2.45) is 4.99 Å². The van der Waals surface area contributed by atoms with Gasteiger partial charge in [-0.05, 0) is 20.0 Å². The van der Waals surface area contributed by atoms with E-state index < -0.39 is 0 Å². The molecule has 0 aliphatic rings. The van der Waals surface area contributed by atoms with Gasteiger partial charge in [-0.2, -0.15) is 5.26 Å². The van der Waals surface area contributed by atoms with Crippen molar-refractivity contribution in [3.63, 3.8) is 0 Å². The summed E-state index contributed by atoms with van der Waals surface area (Å²) in [7, 11) is 1.59. The maximum Gasteiger partial charge on any atom is 0.207 e. The van der Waals surface area contributed by atoms with Gasteiger partial charge in [0.25, 0.3) is 0 Å². The Labute approximate surface area is 67.7 Å². The molecule has 0 rings (SSSR count). The van der Waals surface area contributed by atoms with Gasteiger partial charge in [0.1, 0.15) is 6.07 Å². The molecule has 0 aromatic heterocycles. The minimum Gasteiger partial charge on any atom is -0.323 e. The molecule has 0 atom stereocenters. The minimum atomic E-state index is 0.228. The summed E-state index contributed by atoms with van der Waals surface area (Å²) in [6.45, 7) is 7.55. The molecular formula is C8H13N3. The first-order valence-electron chi connectivity index (χ1n) is 3.45. The Hall–Kier alpha value is -1.30. The van der Waals surface area contributed by atoms with Gasteiger partial charge in [-0.1, -0.05) is 6.58 Å². The van der Waals surface area contributed by atoms with Gasteiger partial charge < -0.3 is 4.90 Å². The fourth-order valence-corrected chi connectivity index (χ4v) is 0.765. The molecule has 0 saturated carbocycles. The third kappa shape index (κ3) is 2.42. The lowest BCUT2D eigenvalue weighted by atomic mass is 10.3. The molecular weight excluding hydrogens is 138 g/mol. The van der Waals surface area contributed by atoms with Crippen molar-refractivity contribution >= 4 is 5.84 Å². The van der Waals surface area contributed by atoms with Gasteiger partial charge in [0.15, 0.2) is 0 Å². The molecule has 0 spiro atoms. The van der Waals surface area contributed by atoms with Gasteiger partial charge in [0.2, 0.25) is 5.84 Å². The predicted molar refractivity (Wildman–Crippen MR) is 46.1 cm³/mol. The van der Waals surface area contributed by atoms with Crippen molar-refractivity contribution in [1.29, 1.82) is 5.26 Å². The quantitative estimate of drug-likeness (QED) is 0.442. The molecule has 11 heavy (non-hydrogen) atoms. The molecule has 0 bridgehead atoms.